The van der Waals surface area contributed by atoms with E-state index in [0.717, 1.165) is 16.9 Å². The number of hydrogen-bond donors (Lipinski definition) is 1. The molecule has 1 amide bonds. The summed E-state index contributed by atoms with van der Waals surface area (Å²) in [5.74, 6) is 1.24. The van der Waals surface area contributed by atoms with Gasteiger partial charge in [-0.05, 0) is 35.4 Å². The largest absolute Gasteiger partial charge is 0.489 e. The smallest absolute Gasteiger partial charge is 0.258 e. The van der Waals surface area contributed by atoms with Gasteiger partial charge in [-0.15, -0.1) is 0 Å². The van der Waals surface area contributed by atoms with Crippen LogP contribution in [0.15, 0.2) is 84.9 Å². The van der Waals surface area contributed by atoms with Crippen molar-refractivity contribution in [1.29, 1.82) is 0 Å². The summed E-state index contributed by atoms with van der Waals surface area (Å²) in [7, 11) is 0. The summed E-state index contributed by atoms with van der Waals surface area (Å²) in [6.07, 6.45) is 0. The number of carbonyl (C=O) groups is 1. The lowest BCUT2D eigenvalue weighted by molar-refractivity contribution is -0.123. The van der Waals surface area contributed by atoms with Crippen molar-refractivity contribution in [3.05, 3.63) is 96.1 Å². The lowest BCUT2D eigenvalue weighted by atomic mass is 10.2. The summed E-state index contributed by atoms with van der Waals surface area (Å²) in [5.41, 5.74) is 2.17. The Morgan fingerprint density at radius 1 is 0.692 bits per heavy atom. The van der Waals surface area contributed by atoms with E-state index >= 15 is 0 Å². The molecule has 1 N–H and O–H groups in total. The first-order valence-corrected chi connectivity index (χ1v) is 8.50. The molecule has 26 heavy (non-hydrogen) atoms. The Morgan fingerprint density at radius 2 is 1.23 bits per heavy atom. The number of nitrogens with one attached hydrogen (secondary N) is 1. The minimum Gasteiger partial charge on any atom is -0.489 e. The Kier molecular flexibility index (Phi) is 6.26. The highest BCUT2D eigenvalue weighted by Crippen LogP contribution is 2.18. The van der Waals surface area contributed by atoms with E-state index < -0.39 is 0 Å². The number of benzene rings is 3. The van der Waals surface area contributed by atoms with Gasteiger partial charge in [-0.1, -0.05) is 60.7 Å². The van der Waals surface area contributed by atoms with Crippen LogP contribution < -0.4 is 14.8 Å². The minimum absolute atomic E-state index is 0.0168. The number of rotatable bonds is 8. The Bertz CT molecular complexity index is 802. The molecule has 4 nitrogen and oxygen atoms in total. The van der Waals surface area contributed by atoms with E-state index in [0.29, 0.717) is 18.9 Å². The SMILES string of the molecule is O=C(COc1ccc(OCc2ccccc2)cc1)NCc1ccccc1. The van der Waals surface area contributed by atoms with Crippen LogP contribution in [0.3, 0.4) is 0 Å². The van der Waals surface area contributed by atoms with Gasteiger partial charge in [-0.2, -0.15) is 0 Å². The van der Waals surface area contributed by atoms with Gasteiger partial charge in [0.25, 0.3) is 5.91 Å². The average Bonchev–Trinajstić information content (AvgIpc) is 2.71. The van der Waals surface area contributed by atoms with Gasteiger partial charge in [-0.25, -0.2) is 0 Å². The third-order valence-corrected chi connectivity index (χ3v) is 3.77. The molecule has 0 unspecified atom stereocenters. The van der Waals surface area contributed by atoms with Crippen LogP contribution in [0.25, 0.3) is 0 Å². The second-order valence-corrected chi connectivity index (χ2v) is 5.80. The first-order chi connectivity index (χ1) is 12.8. The zero-order valence-corrected chi connectivity index (χ0v) is 14.4. The number of ether oxygens (including phenoxy) is 2. The van der Waals surface area contributed by atoms with Gasteiger partial charge in [0, 0.05) is 6.54 Å². The van der Waals surface area contributed by atoms with Crippen molar-refractivity contribution >= 4 is 5.91 Å². The van der Waals surface area contributed by atoms with Crippen LogP contribution in [-0.4, -0.2) is 12.5 Å². The van der Waals surface area contributed by atoms with Crippen LogP contribution in [0, 0.1) is 0 Å². The van der Waals surface area contributed by atoms with Gasteiger partial charge in [0.2, 0.25) is 0 Å². The van der Waals surface area contributed by atoms with Gasteiger partial charge in [0.05, 0.1) is 0 Å². The van der Waals surface area contributed by atoms with Crippen molar-refractivity contribution in [3.63, 3.8) is 0 Å². The Morgan fingerprint density at radius 3 is 1.85 bits per heavy atom. The van der Waals surface area contributed by atoms with E-state index in [-0.39, 0.29) is 12.5 Å². The molecule has 132 valence electrons. The molecule has 3 rings (SSSR count). The fourth-order valence-corrected chi connectivity index (χ4v) is 2.37. The summed E-state index contributed by atoms with van der Waals surface area (Å²) in [4.78, 5) is 11.9. The third-order valence-electron chi connectivity index (χ3n) is 3.77. The van der Waals surface area contributed by atoms with E-state index in [2.05, 4.69) is 5.32 Å². The van der Waals surface area contributed by atoms with Crippen molar-refractivity contribution < 1.29 is 14.3 Å². The van der Waals surface area contributed by atoms with Crippen LogP contribution in [-0.2, 0) is 17.9 Å². The molecule has 3 aromatic carbocycles. The van der Waals surface area contributed by atoms with Crippen molar-refractivity contribution in [2.24, 2.45) is 0 Å². The van der Waals surface area contributed by atoms with E-state index in [4.69, 9.17) is 9.47 Å². The van der Waals surface area contributed by atoms with E-state index in [1.807, 2.05) is 72.8 Å². The maximum atomic E-state index is 11.9. The molecule has 0 aromatic heterocycles. The van der Waals surface area contributed by atoms with E-state index in [9.17, 15) is 4.79 Å². The fourth-order valence-electron chi connectivity index (χ4n) is 2.37. The molecule has 0 aliphatic rings. The number of hydrogen-bond acceptors (Lipinski definition) is 3. The molecule has 0 bridgehead atoms. The van der Waals surface area contributed by atoms with Gasteiger partial charge in [0.1, 0.15) is 18.1 Å². The summed E-state index contributed by atoms with van der Waals surface area (Å²) in [6, 6.07) is 27.0. The first kappa shape index (κ1) is 17.5. The minimum atomic E-state index is -0.154. The molecule has 3 aromatic rings. The highest BCUT2D eigenvalue weighted by molar-refractivity contribution is 5.77. The highest BCUT2D eigenvalue weighted by Gasteiger charge is 2.03. The van der Waals surface area contributed by atoms with Gasteiger partial charge < -0.3 is 14.8 Å². The fraction of sp³-hybridized carbons (Fsp3) is 0.136. The molecule has 0 saturated carbocycles. The summed E-state index contributed by atoms with van der Waals surface area (Å²) in [6.45, 7) is 0.995. The maximum Gasteiger partial charge on any atom is 0.258 e. The highest BCUT2D eigenvalue weighted by atomic mass is 16.5. The van der Waals surface area contributed by atoms with Crippen LogP contribution in [0.4, 0.5) is 0 Å². The zero-order valence-electron chi connectivity index (χ0n) is 14.4. The lowest BCUT2D eigenvalue weighted by Gasteiger charge is -2.09. The zero-order chi connectivity index (χ0) is 18.0. The summed E-state index contributed by atoms with van der Waals surface area (Å²) in [5, 5.41) is 2.83. The number of carbonyl (C=O) groups excluding carboxylic acids is 1. The van der Waals surface area contributed by atoms with E-state index in [1.165, 1.54) is 0 Å². The van der Waals surface area contributed by atoms with E-state index in [1.54, 1.807) is 12.1 Å². The molecule has 0 aliphatic carbocycles. The van der Waals surface area contributed by atoms with Gasteiger partial charge >= 0.3 is 0 Å². The van der Waals surface area contributed by atoms with Crippen LogP contribution in [0.2, 0.25) is 0 Å². The second kappa shape index (κ2) is 9.28. The monoisotopic (exact) mass is 347 g/mol. The van der Waals surface area contributed by atoms with Crippen LogP contribution in [0.5, 0.6) is 11.5 Å². The number of amides is 1. The molecule has 0 spiro atoms. The van der Waals surface area contributed by atoms with Crippen LogP contribution >= 0.6 is 0 Å². The molecule has 0 aliphatic heterocycles. The van der Waals surface area contributed by atoms with Crippen LogP contribution in [0.1, 0.15) is 11.1 Å². The second-order valence-electron chi connectivity index (χ2n) is 5.80. The average molecular weight is 347 g/mol. The molecule has 0 heterocycles. The molecular formula is C22H21NO3. The van der Waals surface area contributed by atoms with Gasteiger partial charge in [-0.3, -0.25) is 4.79 Å². The molecule has 0 atom stereocenters. The normalized spacial score (nSPS) is 10.2. The molecular weight excluding hydrogens is 326 g/mol. The first-order valence-electron chi connectivity index (χ1n) is 8.50. The lowest BCUT2D eigenvalue weighted by Crippen LogP contribution is -2.28. The quantitative estimate of drug-likeness (QED) is 0.671. The third kappa shape index (κ3) is 5.67. The Balaban J connectivity index is 1.40. The van der Waals surface area contributed by atoms with Gasteiger partial charge in [0.15, 0.2) is 6.61 Å². The predicted molar refractivity (Wildman–Crippen MR) is 101 cm³/mol. The Labute approximate surface area is 153 Å². The maximum absolute atomic E-state index is 11.9. The molecule has 0 fully saturated rings. The Hall–Kier alpha value is -3.27. The molecule has 0 radical (unpaired) electrons. The summed E-state index contributed by atoms with van der Waals surface area (Å²) < 4.78 is 11.2. The standard InChI is InChI=1S/C22H21NO3/c24-22(23-15-18-7-3-1-4-8-18)17-26-21-13-11-20(12-14-21)25-16-19-9-5-2-6-10-19/h1-14H,15-17H2,(H,23,24). The topological polar surface area (TPSA) is 47.6 Å². The van der Waals surface area contributed by atoms with Crippen molar-refractivity contribution in [1.82, 2.24) is 5.32 Å². The predicted octanol–water partition coefficient (Wildman–Crippen LogP) is 3.96. The van der Waals surface area contributed by atoms with Crippen molar-refractivity contribution in [2.45, 2.75) is 13.2 Å². The molecule has 0 saturated heterocycles. The summed E-state index contributed by atoms with van der Waals surface area (Å²) >= 11 is 0. The van der Waals surface area contributed by atoms with Crippen molar-refractivity contribution in [3.8, 4) is 11.5 Å². The molecule has 4 heteroatoms. The van der Waals surface area contributed by atoms with Crippen molar-refractivity contribution in [2.75, 3.05) is 6.61 Å².